The topological polar surface area (TPSA) is 37.3 Å². The van der Waals surface area contributed by atoms with Crippen LogP contribution >= 0.6 is 0 Å². The Balaban J connectivity index is 2.92. The number of aliphatic hydroxyl groups is 1. The standard InChI is InChI=1S/C12H16O2/c1-3-9(2)10-5-4-6-11(8-13)12(14)7-10/h4-9,11,14H,3H2,1-2H3. The van der Waals surface area contributed by atoms with E-state index in [2.05, 4.69) is 13.8 Å². The van der Waals surface area contributed by atoms with Crippen molar-refractivity contribution >= 4 is 6.29 Å². The lowest BCUT2D eigenvalue weighted by molar-refractivity contribution is -0.109. The number of hydrogen-bond acceptors (Lipinski definition) is 2. The predicted molar refractivity (Wildman–Crippen MR) is 56.9 cm³/mol. The first-order valence-electron chi connectivity index (χ1n) is 4.93. The van der Waals surface area contributed by atoms with Crippen LogP contribution in [0.2, 0.25) is 0 Å². The summed E-state index contributed by atoms with van der Waals surface area (Å²) in [5, 5.41) is 9.60. The highest BCUT2D eigenvalue weighted by Gasteiger charge is 2.13. The van der Waals surface area contributed by atoms with E-state index < -0.39 is 5.92 Å². The van der Waals surface area contributed by atoms with Crippen molar-refractivity contribution in [1.29, 1.82) is 0 Å². The van der Waals surface area contributed by atoms with Crippen molar-refractivity contribution in [3.05, 3.63) is 35.6 Å². The van der Waals surface area contributed by atoms with Crippen molar-refractivity contribution in [2.24, 2.45) is 11.8 Å². The van der Waals surface area contributed by atoms with Gasteiger partial charge >= 0.3 is 0 Å². The van der Waals surface area contributed by atoms with Gasteiger partial charge in [-0.05, 0) is 24.0 Å². The van der Waals surface area contributed by atoms with Gasteiger partial charge in [0, 0.05) is 0 Å². The van der Waals surface area contributed by atoms with E-state index in [1.807, 2.05) is 12.2 Å². The maximum atomic E-state index is 10.6. The van der Waals surface area contributed by atoms with Crippen LogP contribution < -0.4 is 0 Å². The molecule has 1 N–H and O–H groups in total. The van der Waals surface area contributed by atoms with E-state index in [0.717, 1.165) is 18.3 Å². The van der Waals surface area contributed by atoms with Crippen molar-refractivity contribution in [2.75, 3.05) is 0 Å². The number of rotatable bonds is 3. The second-order valence-electron chi connectivity index (χ2n) is 3.59. The molecule has 76 valence electrons. The third-order valence-corrected chi connectivity index (χ3v) is 2.59. The minimum atomic E-state index is -0.479. The summed E-state index contributed by atoms with van der Waals surface area (Å²) in [6.45, 7) is 4.20. The molecule has 0 saturated carbocycles. The summed E-state index contributed by atoms with van der Waals surface area (Å²) in [5.74, 6) is 0.0697. The van der Waals surface area contributed by atoms with E-state index in [1.54, 1.807) is 12.2 Å². The van der Waals surface area contributed by atoms with Gasteiger partial charge < -0.3 is 9.90 Å². The molecule has 14 heavy (non-hydrogen) atoms. The van der Waals surface area contributed by atoms with Gasteiger partial charge in [-0.2, -0.15) is 0 Å². The lowest BCUT2D eigenvalue weighted by atomic mass is 9.97. The molecule has 0 fully saturated rings. The monoisotopic (exact) mass is 192 g/mol. The predicted octanol–water partition coefficient (Wildman–Crippen LogP) is 2.79. The fourth-order valence-corrected chi connectivity index (χ4v) is 1.36. The number of allylic oxidation sites excluding steroid dienone is 5. The Kier molecular flexibility index (Phi) is 3.69. The Morgan fingerprint density at radius 2 is 2.36 bits per heavy atom. The van der Waals surface area contributed by atoms with Crippen LogP contribution in [0.3, 0.4) is 0 Å². The van der Waals surface area contributed by atoms with Gasteiger partial charge in [0.1, 0.15) is 12.0 Å². The minimum absolute atomic E-state index is 0.139. The number of carbonyl (C=O) groups excluding carboxylic acids is 1. The average Bonchev–Trinajstić information content (AvgIpc) is 2.38. The van der Waals surface area contributed by atoms with E-state index in [4.69, 9.17) is 0 Å². The van der Waals surface area contributed by atoms with E-state index >= 15 is 0 Å². The molecule has 0 heterocycles. The third-order valence-electron chi connectivity index (χ3n) is 2.59. The zero-order valence-corrected chi connectivity index (χ0v) is 8.60. The second-order valence-corrected chi connectivity index (χ2v) is 3.59. The Labute approximate surface area is 84.6 Å². The molecule has 0 aromatic rings. The van der Waals surface area contributed by atoms with Crippen LogP contribution in [0.15, 0.2) is 35.6 Å². The molecule has 0 aromatic heterocycles. The number of aliphatic hydroxyl groups excluding tert-OH is 1. The van der Waals surface area contributed by atoms with Crippen molar-refractivity contribution in [1.82, 2.24) is 0 Å². The number of aldehydes is 1. The van der Waals surface area contributed by atoms with Crippen molar-refractivity contribution in [3.63, 3.8) is 0 Å². The van der Waals surface area contributed by atoms with Gasteiger partial charge in [0.2, 0.25) is 0 Å². The molecule has 0 aliphatic heterocycles. The minimum Gasteiger partial charge on any atom is -0.511 e. The first-order valence-corrected chi connectivity index (χ1v) is 4.93. The lowest BCUT2D eigenvalue weighted by Gasteiger charge is -2.09. The van der Waals surface area contributed by atoms with Gasteiger partial charge in [0.25, 0.3) is 0 Å². The molecule has 2 nitrogen and oxygen atoms in total. The normalized spacial score (nSPS) is 23.4. The van der Waals surface area contributed by atoms with Crippen LogP contribution in [-0.4, -0.2) is 11.4 Å². The summed E-state index contributed by atoms with van der Waals surface area (Å²) < 4.78 is 0. The Morgan fingerprint density at radius 1 is 1.64 bits per heavy atom. The first-order chi connectivity index (χ1) is 6.69. The highest BCUT2D eigenvalue weighted by Crippen LogP contribution is 2.22. The highest BCUT2D eigenvalue weighted by molar-refractivity contribution is 5.62. The number of hydrogen-bond donors (Lipinski definition) is 1. The Hall–Kier alpha value is -1.31. The number of carbonyl (C=O) groups is 1. The van der Waals surface area contributed by atoms with E-state index in [1.165, 1.54) is 0 Å². The van der Waals surface area contributed by atoms with Gasteiger partial charge in [-0.1, -0.05) is 32.1 Å². The molecule has 1 rings (SSSR count). The van der Waals surface area contributed by atoms with Crippen LogP contribution in [0.4, 0.5) is 0 Å². The van der Waals surface area contributed by atoms with Crippen LogP contribution in [0.25, 0.3) is 0 Å². The zero-order chi connectivity index (χ0) is 10.6. The SMILES string of the molecule is CCC(C)C1=CC=CC(C=O)C(O)=C1. The van der Waals surface area contributed by atoms with Crippen LogP contribution in [0.5, 0.6) is 0 Å². The molecule has 0 aromatic carbocycles. The van der Waals surface area contributed by atoms with Gasteiger partial charge in [0.05, 0.1) is 5.92 Å². The van der Waals surface area contributed by atoms with Gasteiger partial charge in [-0.25, -0.2) is 0 Å². The van der Waals surface area contributed by atoms with Gasteiger partial charge in [0.15, 0.2) is 0 Å². The van der Waals surface area contributed by atoms with Gasteiger partial charge in [-0.15, -0.1) is 0 Å². The van der Waals surface area contributed by atoms with E-state index in [9.17, 15) is 9.90 Å². The maximum absolute atomic E-state index is 10.6. The van der Waals surface area contributed by atoms with Crippen LogP contribution in [0, 0.1) is 11.8 Å². The van der Waals surface area contributed by atoms with Gasteiger partial charge in [-0.3, -0.25) is 0 Å². The highest BCUT2D eigenvalue weighted by atomic mass is 16.3. The molecule has 2 unspecified atom stereocenters. The molecular formula is C12H16O2. The van der Waals surface area contributed by atoms with Crippen LogP contribution in [-0.2, 0) is 4.79 Å². The molecule has 0 spiro atoms. The fraction of sp³-hybridized carbons (Fsp3) is 0.417. The zero-order valence-electron chi connectivity index (χ0n) is 8.60. The smallest absolute Gasteiger partial charge is 0.134 e. The summed E-state index contributed by atoms with van der Waals surface area (Å²) in [5.41, 5.74) is 1.07. The first kappa shape index (κ1) is 10.8. The largest absolute Gasteiger partial charge is 0.511 e. The second kappa shape index (κ2) is 4.80. The molecule has 0 radical (unpaired) electrons. The lowest BCUT2D eigenvalue weighted by Crippen LogP contribution is -2.02. The third kappa shape index (κ3) is 2.34. The Bertz CT molecular complexity index is 297. The molecular weight excluding hydrogens is 176 g/mol. The van der Waals surface area contributed by atoms with E-state index in [-0.39, 0.29) is 5.76 Å². The van der Waals surface area contributed by atoms with Crippen molar-refractivity contribution in [3.8, 4) is 0 Å². The summed E-state index contributed by atoms with van der Waals surface area (Å²) in [6.07, 6.45) is 8.96. The maximum Gasteiger partial charge on any atom is 0.134 e. The van der Waals surface area contributed by atoms with E-state index in [0.29, 0.717) is 5.92 Å². The summed E-state index contributed by atoms with van der Waals surface area (Å²) in [6, 6.07) is 0. The fourth-order valence-electron chi connectivity index (χ4n) is 1.36. The molecule has 0 bridgehead atoms. The summed E-state index contributed by atoms with van der Waals surface area (Å²) in [4.78, 5) is 10.6. The molecule has 2 atom stereocenters. The summed E-state index contributed by atoms with van der Waals surface area (Å²) in [7, 11) is 0. The quantitative estimate of drug-likeness (QED) is 0.698. The molecule has 2 heteroatoms. The van der Waals surface area contributed by atoms with Crippen molar-refractivity contribution in [2.45, 2.75) is 20.3 Å². The van der Waals surface area contributed by atoms with Crippen molar-refractivity contribution < 1.29 is 9.90 Å². The molecule has 0 saturated heterocycles. The Morgan fingerprint density at radius 3 is 2.93 bits per heavy atom. The molecule has 0 amide bonds. The molecule has 1 aliphatic rings. The average molecular weight is 192 g/mol. The molecule has 1 aliphatic carbocycles. The summed E-state index contributed by atoms with van der Waals surface area (Å²) >= 11 is 0. The van der Waals surface area contributed by atoms with Crippen LogP contribution in [0.1, 0.15) is 20.3 Å².